The number of rotatable bonds is 8. The first kappa shape index (κ1) is 21.4. The molecule has 0 unspecified atom stereocenters. The molecule has 0 aliphatic heterocycles. The van der Waals surface area contributed by atoms with Crippen LogP contribution in [0.15, 0.2) is 115 Å². The molecule has 0 spiro atoms. The Labute approximate surface area is 189 Å². The number of carbonyl (C=O) groups excluding carboxylic acids is 1. The minimum absolute atomic E-state index is 0.0380. The quantitative estimate of drug-likeness (QED) is 0.388. The molecule has 4 aromatic carbocycles. The van der Waals surface area contributed by atoms with E-state index in [1.54, 1.807) is 7.11 Å². The molecule has 0 fully saturated rings. The summed E-state index contributed by atoms with van der Waals surface area (Å²) in [7, 11) is 1.66. The number of benzene rings is 4. The Morgan fingerprint density at radius 3 is 1.69 bits per heavy atom. The van der Waals surface area contributed by atoms with Gasteiger partial charge in [0, 0.05) is 6.54 Å². The molecule has 3 nitrogen and oxygen atoms in total. The summed E-state index contributed by atoms with van der Waals surface area (Å²) >= 11 is 0. The van der Waals surface area contributed by atoms with Crippen LogP contribution in [0.25, 0.3) is 0 Å². The van der Waals surface area contributed by atoms with Crippen molar-refractivity contribution in [1.29, 1.82) is 0 Å². The summed E-state index contributed by atoms with van der Waals surface area (Å²) in [5.41, 5.74) is 3.00. The zero-order valence-electron chi connectivity index (χ0n) is 18.2. The molecule has 0 aliphatic carbocycles. The molecule has 0 bridgehead atoms. The van der Waals surface area contributed by atoms with Gasteiger partial charge >= 0.3 is 0 Å². The predicted molar refractivity (Wildman–Crippen MR) is 129 cm³/mol. The molecular weight excluding hydrogens is 394 g/mol. The molecule has 0 saturated heterocycles. The van der Waals surface area contributed by atoms with Crippen LogP contribution in [-0.2, 0) is 16.6 Å². The second-order valence-electron chi connectivity index (χ2n) is 7.71. The molecule has 0 heterocycles. The predicted octanol–water partition coefficient (Wildman–Crippen LogP) is 5.39. The first-order valence-electron chi connectivity index (χ1n) is 10.8. The highest BCUT2D eigenvalue weighted by Gasteiger charge is 2.43. The van der Waals surface area contributed by atoms with Gasteiger partial charge in [-0.15, -0.1) is 0 Å². The average Bonchev–Trinajstić information content (AvgIpc) is 2.87. The molecule has 4 rings (SSSR count). The number of carbonyl (C=O) groups is 1. The second-order valence-corrected chi connectivity index (χ2v) is 7.71. The third kappa shape index (κ3) is 4.28. The maximum absolute atomic E-state index is 14.0. The molecule has 32 heavy (non-hydrogen) atoms. The summed E-state index contributed by atoms with van der Waals surface area (Å²) in [6, 6.07) is 38.0. The maximum atomic E-state index is 14.0. The first-order chi connectivity index (χ1) is 15.7. The number of amides is 1. The van der Waals surface area contributed by atoms with Gasteiger partial charge in [0.2, 0.25) is 5.91 Å². The van der Waals surface area contributed by atoms with Crippen LogP contribution in [0, 0.1) is 0 Å². The van der Waals surface area contributed by atoms with Gasteiger partial charge in [0.05, 0.1) is 7.11 Å². The van der Waals surface area contributed by atoms with Gasteiger partial charge < -0.3 is 10.1 Å². The van der Waals surface area contributed by atoms with Crippen molar-refractivity contribution < 1.29 is 9.53 Å². The summed E-state index contributed by atoms with van der Waals surface area (Å²) in [5, 5.41) is 3.23. The Morgan fingerprint density at radius 2 is 1.22 bits per heavy atom. The largest absolute Gasteiger partial charge is 0.497 e. The average molecular weight is 422 g/mol. The van der Waals surface area contributed by atoms with Gasteiger partial charge in [0.25, 0.3) is 0 Å². The number of hydrogen-bond acceptors (Lipinski definition) is 2. The summed E-state index contributed by atoms with van der Waals surface area (Å²) in [6.45, 7) is 0.528. The highest BCUT2D eigenvalue weighted by Crippen LogP contribution is 2.39. The second kappa shape index (κ2) is 9.97. The van der Waals surface area contributed by atoms with Crippen molar-refractivity contribution in [2.75, 3.05) is 13.7 Å². The SMILES string of the molecule is COc1cccc(CCNC(=O)C(c2ccccc2)(c2ccccc2)c2ccccc2)c1. The van der Waals surface area contributed by atoms with Gasteiger partial charge in [-0.1, -0.05) is 103 Å². The van der Waals surface area contributed by atoms with Crippen molar-refractivity contribution in [1.82, 2.24) is 5.32 Å². The fraction of sp³-hybridized carbons (Fsp3) is 0.138. The molecule has 160 valence electrons. The summed E-state index contributed by atoms with van der Waals surface area (Å²) in [6.07, 6.45) is 0.720. The van der Waals surface area contributed by atoms with Crippen LogP contribution in [-0.4, -0.2) is 19.6 Å². The number of nitrogens with one attached hydrogen (secondary N) is 1. The lowest BCUT2D eigenvalue weighted by Gasteiger charge is -2.34. The van der Waals surface area contributed by atoms with E-state index in [0.29, 0.717) is 6.54 Å². The lowest BCUT2D eigenvalue weighted by molar-refractivity contribution is -0.124. The van der Waals surface area contributed by atoms with Crippen molar-refractivity contribution in [3.05, 3.63) is 138 Å². The third-order valence-corrected chi connectivity index (χ3v) is 5.79. The summed E-state index contributed by atoms with van der Waals surface area (Å²) in [4.78, 5) is 14.0. The van der Waals surface area contributed by atoms with Crippen LogP contribution >= 0.6 is 0 Å². The fourth-order valence-electron chi connectivity index (χ4n) is 4.24. The lowest BCUT2D eigenvalue weighted by atomic mass is 9.68. The van der Waals surface area contributed by atoms with E-state index in [0.717, 1.165) is 34.4 Å². The van der Waals surface area contributed by atoms with Crippen molar-refractivity contribution in [3.63, 3.8) is 0 Å². The molecule has 1 N–H and O–H groups in total. The van der Waals surface area contributed by atoms with E-state index in [4.69, 9.17) is 4.74 Å². The molecule has 0 radical (unpaired) electrons. The Balaban J connectivity index is 1.72. The third-order valence-electron chi connectivity index (χ3n) is 5.79. The minimum Gasteiger partial charge on any atom is -0.497 e. The van der Waals surface area contributed by atoms with E-state index >= 15 is 0 Å². The van der Waals surface area contributed by atoms with Crippen molar-refractivity contribution in [2.45, 2.75) is 11.8 Å². The smallest absolute Gasteiger partial charge is 0.239 e. The molecule has 3 heteroatoms. The van der Waals surface area contributed by atoms with E-state index in [2.05, 4.69) is 5.32 Å². The maximum Gasteiger partial charge on any atom is 0.239 e. The van der Waals surface area contributed by atoms with Gasteiger partial charge in [0.15, 0.2) is 0 Å². The summed E-state index contributed by atoms with van der Waals surface area (Å²) < 4.78 is 5.32. The van der Waals surface area contributed by atoms with E-state index in [1.165, 1.54) is 0 Å². The lowest BCUT2D eigenvalue weighted by Crippen LogP contribution is -2.46. The molecule has 0 aliphatic rings. The molecular formula is C29H27NO2. The van der Waals surface area contributed by atoms with E-state index in [1.807, 2.05) is 115 Å². The van der Waals surface area contributed by atoms with E-state index in [9.17, 15) is 4.79 Å². The number of ether oxygens (including phenoxy) is 1. The standard InChI is InChI=1S/C29H27NO2/c1-32-27-19-11-12-23(22-27)20-21-30-28(31)29(24-13-5-2-6-14-24,25-15-7-3-8-16-25)26-17-9-4-10-18-26/h2-19,22H,20-21H2,1H3,(H,30,31). The van der Waals surface area contributed by atoms with E-state index < -0.39 is 5.41 Å². The monoisotopic (exact) mass is 421 g/mol. The minimum atomic E-state index is -0.946. The van der Waals surface area contributed by atoms with Gasteiger partial charge in [-0.2, -0.15) is 0 Å². The zero-order valence-corrected chi connectivity index (χ0v) is 18.2. The van der Waals surface area contributed by atoms with Crippen molar-refractivity contribution in [3.8, 4) is 5.75 Å². The van der Waals surface area contributed by atoms with Crippen molar-refractivity contribution >= 4 is 5.91 Å². The highest BCUT2D eigenvalue weighted by atomic mass is 16.5. The van der Waals surface area contributed by atoms with Crippen LogP contribution in [0.4, 0.5) is 0 Å². The number of methoxy groups -OCH3 is 1. The highest BCUT2D eigenvalue weighted by molar-refractivity contribution is 5.96. The topological polar surface area (TPSA) is 38.3 Å². The van der Waals surface area contributed by atoms with Gasteiger partial charge in [-0.05, 0) is 40.8 Å². The van der Waals surface area contributed by atoms with Gasteiger partial charge in [0.1, 0.15) is 11.2 Å². The van der Waals surface area contributed by atoms with Crippen LogP contribution in [0.1, 0.15) is 22.3 Å². The Bertz CT molecular complexity index is 1040. The Morgan fingerprint density at radius 1 is 0.719 bits per heavy atom. The first-order valence-corrected chi connectivity index (χ1v) is 10.8. The Hall–Kier alpha value is -3.85. The Kier molecular flexibility index (Phi) is 6.66. The zero-order chi connectivity index (χ0) is 22.2. The number of hydrogen-bond donors (Lipinski definition) is 1. The molecule has 0 aromatic heterocycles. The molecule has 1 amide bonds. The van der Waals surface area contributed by atoms with Crippen LogP contribution in [0.2, 0.25) is 0 Å². The molecule has 4 aromatic rings. The van der Waals surface area contributed by atoms with Crippen LogP contribution in [0.3, 0.4) is 0 Å². The summed E-state index contributed by atoms with van der Waals surface area (Å²) in [5.74, 6) is 0.782. The molecule has 0 atom stereocenters. The van der Waals surface area contributed by atoms with Gasteiger partial charge in [-0.3, -0.25) is 4.79 Å². The van der Waals surface area contributed by atoms with Gasteiger partial charge in [-0.25, -0.2) is 0 Å². The fourth-order valence-corrected chi connectivity index (χ4v) is 4.24. The van der Waals surface area contributed by atoms with Crippen molar-refractivity contribution in [2.24, 2.45) is 0 Å². The van der Waals surface area contributed by atoms with Crippen LogP contribution in [0.5, 0.6) is 5.75 Å². The molecule has 0 saturated carbocycles. The normalized spacial score (nSPS) is 11.0. The van der Waals surface area contributed by atoms with E-state index in [-0.39, 0.29) is 5.91 Å². The van der Waals surface area contributed by atoms with Crippen LogP contribution < -0.4 is 10.1 Å².